The van der Waals surface area contributed by atoms with Crippen LogP contribution in [0.2, 0.25) is 5.02 Å². The third kappa shape index (κ3) is 3.45. The van der Waals surface area contributed by atoms with E-state index in [1.807, 2.05) is 30.3 Å². The lowest BCUT2D eigenvalue weighted by molar-refractivity contribution is 0.731. The summed E-state index contributed by atoms with van der Waals surface area (Å²) in [5.74, 6) is 0. The molecule has 1 unspecified atom stereocenters. The molecule has 0 spiro atoms. The Morgan fingerprint density at radius 2 is 2.31 bits per heavy atom. The Kier molecular flexibility index (Phi) is 3.75. The van der Waals surface area contributed by atoms with Crippen molar-refractivity contribution < 1.29 is 0 Å². The van der Waals surface area contributed by atoms with Gasteiger partial charge in [-0.1, -0.05) is 23.7 Å². The fourth-order valence-electron chi connectivity index (χ4n) is 1.08. The van der Waals surface area contributed by atoms with Crippen molar-refractivity contribution in [2.24, 2.45) is 5.73 Å². The highest BCUT2D eigenvalue weighted by Crippen LogP contribution is 2.12. The molecule has 0 aliphatic heterocycles. The standard InChI is InChI=1S/C10H11ClN2/c11-9-3-1-2-8(6-9)4-5-10(13)7-12/h1-3,6,10H,4-5,13H2. The average molecular weight is 195 g/mol. The minimum atomic E-state index is -0.376. The second-order valence-electron chi connectivity index (χ2n) is 2.90. The molecule has 0 radical (unpaired) electrons. The second kappa shape index (κ2) is 4.86. The van der Waals surface area contributed by atoms with Crippen molar-refractivity contribution in [2.45, 2.75) is 18.9 Å². The van der Waals surface area contributed by atoms with Crippen LogP contribution < -0.4 is 5.73 Å². The topological polar surface area (TPSA) is 49.8 Å². The zero-order chi connectivity index (χ0) is 9.68. The highest BCUT2D eigenvalue weighted by atomic mass is 35.5. The number of nitriles is 1. The predicted molar refractivity (Wildman–Crippen MR) is 53.4 cm³/mol. The summed E-state index contributed by atoms with van der Waals surface area (Å²) in [6, 6.07) is 9.22. The van der Waals surface area contributed by atoms with Crippen molar-refractivity contribution in [1.29, 1.82) is 5.26 Å². The van der Waals surface area contributed by atoms with Crippen LogP contribution in [-0.4, -0.2) is 6.04 Å². The van der Waals surface area contributed by atoms with Crippen molar-refractivity contribution in [3.05, 3.63) is 34.9 Å². The summed E-state index contributed by atoms with van der Waals surface area (Å²) in [5, 5.41) is 9.19. The maximum atomic E-state index is 8.47. The van der Waals surface area contributed by atoms with Crippen molar-refractivity contribution >= 4 is 11.6 Å². The molecule has 2 N–H and O–H groups in total. The maximum absolute atomic E-state index is 8.47. The number of hydrogen-bond acceptors (Lipinski definition) is 2. The minimum Gasteiger partial charge on any atom is -0.316 e. The van der Waals surface area contributed by atoms with Gasteiger partial charge in [0.2, 0.25) is 0 Å². The van der Waals surface area contributed by atoms with Crippen molar-refractivity contribution in [3.8, 4) is 6.07 Å². The number of halogens is 1. The molecule has 0 fully saturated rings. The summed E-state index contributed by atoms with van der Waals surface area (Å²) < 4.78 is 0. The van der Waals surface area contributed by atoms with E-state index in [1.165, 1.54) is 0 Å². The van der Waals surface area contributed by atoms with Crippen LogP contribution in [0.4, 0.5) is 0 Å². The van der Waals surface area contributed by atoms with E-state index in [0.29, 0.717) is 6.42 Å². The van der Waals surface area contributed by atoms with E-state index in [4.69, 9.17) is 22.6 Å². The van der Waals surface area contributed by atoms with Crippen LogP contribution in [-0.2, 0) is 6.42 Å². The van der Waals surface area contributed by atoms with Gasteiger partial charge in [0.15, 0.2) is 0 Å². The van der Waals surface area contributed by atoms with Crippen molar-refractivity contribution in [2.75, 3.05) is 0 Å². The lowest BCUT2D eigenvalue weighted by atomic mass is 10.1. The van der Waals surface area contributed by atoms with Gasteiger partial charge in [0.25, 0.3) is 0 Å². The Balaban J connectivity index is 2.51. The SMILES string of the molecule is N#CC(N)CCc1cccc(Cl)c1. The zero-order valence-electron chi connectivity index (χ0n) is 7.20. The Morgan fingerprint density at radius 3 is 2.92 bits per heavy atom. The number of hydrogen-bond donors (Lipinski definition) is 1. The molecular formula is C10H11ClN2. The highest BCUT2D eigenvalue weighted by molar-refractivity contribution is 6.30. The fourth-order valence-corrected chi connectivity index (χ4v) is 1.29. The van der Waals surface area contributed by atoms with Crippen LogP contribution in [0.5, 0.6) is 0 Å². The molecule has 3 heteroatoms. The summed E-state index contributed by atoms with van der Waals surface area (Å²) in [4.78, 5) is 0. The summed E-state index contributed by atoms with van der Waals surface area (Å²) in [5.41, 5.74) is 6.59. The minimum absolute atomic E-state index is 0.376. The monoisotopic (exact) mass is 194 g/mol. The Bertz CT molecular complexity index is 317. The quantitative estimate of drug-likeness (QED) is 0.802. The molecule has 1 atom stereocenters. The number of rotatable bonds is 3. The van der Waals surface area contributed by atoms with Crippen LogP contribution in [0, 0.1) is 11.3 Å². The summed E-state index contributed by atoms with van der Waals surface area (Å²) >= 11 is 5.80. The number of nitrogens with two attached hydrogens (primary N) is 1. The Labute approximate surface area is 82.9 Å². The van der Waals surface area contributed by atoms with E-state index >= 15 is 0 Å². The molecule has 0 saturated carbocycles. The smallest absolute Gasteiger partial charge is 0.0931 e. The molecule has 13 heavy (non-hydrogen) atoms. The van der Waals surface area contributed by atoms with Crippen molar-refractivity contribution in [1.82, 2.24) is 0 Å². The van der Waals surface area contributed by atoms with Gasteiger partial charge in [0, 0.05) is 5.02 Å². The average Bonchev–Trinajstić information content (AvgIpc) is 2.14. The first-order chi connectivity index (χ1) is 6.22. The first kappa shape index (κ1) is 10.0. The maximum Gasteiger partial charge on any atom is 0.0931 e. The number of benzene rings is 1. The lowest BCUT2D eigenvalue weighted by Crippen LogP contribution is -2.17. The first-order valence-corrected chi connectivity index (χ1v) is 4.50. The molecule has 0 amide bonds. The molecule has 0 aromatic heterocycles. The highest BCUT2D eigenvalue weighted by Gasteiger charge is 2.00. The van der Waals surface area contributed by atoms with E-state index in [-0.39, 0.29) is 6.04 Å². The normalized spacial score (nSPS) is 12.1. The molecule has 1 aromatic carbocycles. The molecule has 0 aliphatic carbocycles. The van der Waals surface area contributed by atoms with Crippen LogP contribution >= 0.6 is 11.6 Å². The molecule has 0 aliphatic rings. The Hall–Kier alpha value is -1.04. The predicted octanol–water partition coefficient (Wildman–Crippen LogP) is 2.12. The summed E-state index contributed by atoms with van der Waals surface area (Å²) in [7, 11) is 0. The third-order valence-electron chi connectivity index (χ3n) is 1.80. The molecular weight excluding hydrogens is 184 g/mol. The molecule has 68 valence electrons. The molecule has 0 heterocycles. The Morgan fingerprint density at radius 1 is 1.54 bits per heavy atom. The van der Waals surface area contributed by atoms with Gasteiger partial charge in [-0.2, -0.15) is 5.26 Å². The molecule has 0 bridgehead atoms. The number of aryl methyl sites for hydroxylation is 1. The van der Waals surface area contributed by atoms with Crippen LogP contribution in [0.3, 0.4) is 0 Å². The van der Waals surface area contributed by atoms with Gasteiger partial charge in [-0.25, -0.2) is 0 Å². The lowest BCUT2D eigenvalue weighted by Gasteiger charge is -2.02. The molecule has 1 rings (SSSR count). The largest absolute Gasteiger partial charge is 0.316 e. The van der Waals surface area contributed by atoms with E-state index < -0.39 is 0 Å². The molecule has 1 aromatic rings. The summed E-state index contributed by atoms with van der Waals surface area (Å²) in [6.07, 6.45) is 1.48. The van der Waals surface area contributed by atoms with Crippen LogP contribution in [0.15, 0.2) is 24.3 Å². The van der Waals surface area contributed by atoms with Gasteiger partial charge < -0.3 is 5.73 Å². The first-order valence-electron chi connectivity index (χ1n) is 4.12. The van der Waals surface area contributed by atoms with Gasteiger partial charge in [-0.05, 0) is 30.5 Å². The van der Waals surface area contributed by atoms with Gasteiger partial charge in [-0.15, -0.1) is 0 Å². The molecule has 0 saturated heterocycles. The third-order valence-corrected chi connectivity index (χ3v) is 2.03. The van der Waals surface area contributed by atoms with E-state index in [2.05, 4.69) is 0 Å². The van der Waals surface area contributed by atoms with E-state index in [0.717, 1.165) is 17.0 Å². The van der Waals surface area contributed by atoms with Gasteiger partial charge in [-0.3, -0.25) is 0 Å². The van der Waals surface area contributed by atoms with Gasteiger partial charge in [0.1, 0.15) is 0 Å². The summed E-state index contributed by atoms with van der Waals surface area (Å²) in [6.45, 7) is 0. The second-order valence-corrected chi connectivity index (χ2v) is 3.34. The van der Waals surface area contributed by atoms with E-state index in [1.54, 1.807) is 0 Å². The van der Waals surface area contributed by atoms with Crippen LogP contribution in [0.1, 0.15) is 12.0 Å². The van der Waals surface area contributed by atoms with Crippen molar-refractivity contribution in [3.63, 3.8) is 0 Å². The zero-order valence-corrected chi connectivity index (χ0v) is 7.96. The molecule has 2 nitrogen and oxygen atoms in total. The fraction of sp³-hybridized carbons (Fsp3) is 0.300. The van der Waals surface area contributed by atoms with Gasteiger partial charge >= 0.3 is 0 Å². The van der Waals surface area contributed by atoms with Crippen LogP contribution in [0.25, 0.3) is 0 Å². The number of nitrogens with zero attached hydrogens (tertiary/aromatic N) is 1. The van der Waals surface area contributed by atoms with E-state index in [9.17, 15) is 0 Å². The van der Waals surface area contributed by atoms with Gasteiger partial charge in [0.05, 0.1) is 12.1 Å².